The second-order valence-electron chi connectivity index (χ2n) is 5.72. The summed E-state index contributed by atoms with van der Waals surface area (Å²) in [6.07, 6.45) is 6.03. The van der Waals surface area contributed by atoms with Gasteiger partial charge in [-0.05, 0) is 12.8 Å². The molecule has 1 aliphatic heterocycles. The Bertz CT molecular complexity index is 574. The van der Waals surface area contributed by atoms with E-state index in [1.54, 1.807) is 0 Å². The minimum atomic E-state index is 0.0189. The minimum Gasteiger partial charge on any atom is -0.373 e. The van der Waals surface area contributed by atoms with Crippen LogP contribution >= 0.6 is 0 Å². The smallest absolute Gasteiger partial charge is 0.153 e. The van der Waals surface area contributed by atoms with Crippen LogP contribution in [0.2, 0.25) is 0 Å². The van der Waals surface area contributed by atoms with Gasteiger partial charge >= 0.3 is 0 Å². The second-order valence-corrected chi connectivity index (χ2v) is 5.72. The van der Waals surface area contributed by atoms with Gasteiger partial charge in [0, 0.05) is 37.3 Å². The van der Waals surface area contributed by atoms with Gasteiger partial charge in [0.25, 0.3) is 0 Å². The third kappa shape index (κ3) is 2.47. The van der Waals surface area contributed by atoms with Gasteiger partial charge in [-0.15, -0.1) is 0 Å². The fraction of sp³-hybridized carbons (Fsp3) is 0.643. The lowest BCUT2D eigenvalue weighted by Gasteiger charge is -2.29. The van der Waals surface area contributed by atoms with Crippen molar-refractivity contribution < 1.29 is 4.74 Å². The molecule has 0 saturated carbocycles. The second kappa shape index (κ2) is 5.36. The summed E-state index contributed by atoms with van der Waals surface area (Å²) in [5.41, 5.74) is 1.11. The van der Waals surface area contributed by atoms with Crippen molar-refractivity contribution in [3.8, 4) is 0 Å². The summed E-state index contributed by atoms with van der Waals surface area (Å²) in [6.45, 7) is 4.99. The Morgan fingerprint density at radius 3 is 2.95 bits per heavy atom. The van der Waals surface area contributed by atoms with Crippen LogP contribution in [0.3, 0.4) is 0 Å². The van der Waals surface area contributed by atoms with E-state index in [9.17, 15) is 0 Å². The topological polar surface area (TPSA) is 68.6 Å². The first kappa shape index (κ1) is 13.3. The Balaban J connectivity index is 1.88. The first-order valence-electron chi connectivity index (χ1n) is 7.17. The molecule has 0 aliphatic carbocycles. The van der Waals surface area contributed by atoms with Crippen molar-refractivity contribution in [2.24, 2.45) is 7.05 Å². The number of hydrogen-bond donors (Lipinski definition) is 1. The van der Waals surface area contributed by atoms with Gasteiger partial charge in [0.2, 0.25) is 0 Å². The van der Waals surface area contributed by atoms with Crippen molar-refractivity contribution >= 4 is 0 Å². The van der Waals surface area contributed by atoms with Crippen LogP contribution in [0.15, 0.2) is 12.4 Å². The van der Waals surface area contributed by atoms with Crippen LogP contribution in [0.25, 0.3) is 0 Å². The summed E-state index contributed by atoms with van der Waals surface area (Å²) >= 11 is 0. The highest BCUT2D eigenvalue weighted by atomic mass is 16.5. The highest BCUT2D eigenvalue weighted by molar-refractivity contribution is 5.16. The van der Waals surface area contributed by atoms with Crippen molar-refractivity contribution in [1.82, 2.24) is 25.0 Å². The predicted octanol–water partition coefficient (Wildman–Crippen LogP) is 2.30. The van der Waals surface area contributed by atoms with Gasteiger partial charge in [-0.2, -0.15) is 10.2 Å². The Hall–Kier alpha value is -1.69. The Kier molecular flexibility index (Phi) is 3.56. The number of hydrogen-bond acceptors (Lipinski definition) is 4. The lowest BCUT2D eigenvalue weighted by atomic mass is 9.90. The van der Waals surface area contributed by atoms with Crippen LogP contribution in [0.1, 0.15) is 61.8 Å². The molecule has 0 unspecified atom stereocenters. The van der Waals surface area contributed by atoms with E-state index in [1.807, 2.05) is 24.1 Å². The molecule has 0 aromatic carbocycles. The molecule has 2 aromatic rings. The number of nitrogens with one attached hydrogen (secondary N) is 1. The molecule has 108 valence electrons. The molecule has 1 fully saturated rings. The van der Waals surface area contributed by atoms with Crippen molar-refractivity contribution in [2.75, 3.05) is 6.61 Å². The SMILES string of the molecule is CC(C)c1n[nH]c([C@@H]2CCCO[C@H]2c2cnn(C)c2)n1. The maximum atomic E-state index is 5.97. The Morgan fingerprint density at radius 1 is 1.45 bits per heavy atom. The molecule has 0 spiro atoms. The molecular formula is C14H21N5O. The van der Waals surface area contributed by atoms with E-state index >= 15 is 0 Å². The van der Waals surface area contributed by atoms with Gasteiger partial charge in [-0.3, -0.25) is 9.78 Å². The number of ether oxygens (including phenoxy) is 1. The average molecular weight is 275 g/mol. The quantitative estimate of drug-likeness (QED) is 0.933. The van der Waals surface area contributed by atoms with Gasteiger partial charge in [0.05, 0.1) is 12.3 Å². The molecule has 3 rings (SSSR count). The summed E-state index contributed by atoms with van der Waals surface area (Å²) in [4.78, 5) is 4.64. The third-order valence-corrected chi connectivity index (χ3v) is 3.76. The van der Waals surface area contributed by atoms with Gasteiger partial charge < -0.3 is 4.74 Å². The lowest BCUT2D eigenvalue weighted by Crippen LogP contribution is -2.21. The maximum absolute atomic E-state index is 5.97. The molecule has 2 atom stereocenters. The fourth-order valence-electron chi connectivity index (χ4n) is 2.69. The molecule has 2 aromatic heterocycles. The van der Waals surface area contributed by atoms with Gasteiger partial charge in [-0.1, -0.05) is 13.8 Å². The van der Waals surface area contributed by atoms with Gasteiger partial charge in [0.15, 0.2) is 5.82 Å². The Labute approximate surface area is 118 Å². The largest absolute Gasteiger partial charge is 0.373 e. The van der Waals surface area contributed by atoms with E-state index in [0.717, 1.165) is 36.7 Å². The molecule has 1 N–H and O–H groups in total. The molecular weight excluding hydrogens is 254 g/mol. The molecule has 6 nitrogen and oxygen atoms in total. The molecule has 6 heteroatoms. The van der Waals surface area contributed by atoms with E-state index in [-0.39, 0.29) is 12.0 Å². The van der Waals surface area contributed by atoms with Crippen molar-refractivity contribution in [2.45, 2.75) is 44.6 Å². The average Bonchev–Trinajstić information content (AvgIpc) is 3.07. The minimum absolute atomic E-state index is 0.0189. The summed E-state index contributed by atoms with van der Waals surface area (Å²) < 4.78 is 7.78. The zero-order chi connectivity index (χ0) is 14.1. The van der Waals surface area contributed by atoms with E-state index in [0.29, 0.717) is 5.92 Å². The first-order valence-corrected chi connectivity index (χ1v) is 7.17. The van der Waals surface area contributed by atoms with E-state index in [1.165, 1.54) is 0 Å². The van der Waals surface area contributed by atoms with Crippen molar-refractivity contribution in [3.05, 3.63) is 29.6 Å². The molecule has 0 radical (unpaired) electrons. The highest BCUT2D eigenvalue weighted by Crippen LogP contribution is 2.39. The highest BCUT2D eigenvalue weighted by Gasteiger charge is 2.32. The van der Waals surface area contributed by atoms with Crippen LogP contribution in [0.4, 0.5) is 0 Å². The lowest BCUT2D eigenvalue weighted by molar-refractivity contribution is -0.00443. The summed E-state index contributed by atoms with van der Waals surface area (Å²) in [5, 5.41) is 11.7. The van der Waals surface area contributed by atoms with Gasteiger partial charge in [0.1, 0.15) is 5.82 Å². The molecule has 20 heavy (non-hydrogen) atoms. The summed E-state index contributed by atoms with van der Waals surface area (Å²) in [5.74, 6) is 2.37. The van der Waals surface area contributed by atoms with Crippen LogP contribution in [-0.4, -0.2) is 31.6 Å². The van der Waals surface area contributed by atoms with Gasteiger partial charge in [-0.25, -0.2) is 4.98 Å². The molecule has 0 amide bonds. The summed E-state index contributed by atoms with van der Waals surface area (Å²) in [6, 6.07) is 0. The number of aromatic amines is 1. The van der Waals surface area contributed by atoms with Crippen LogP contribution < -0.4 is 0 Å². The molecule has 1 saturated heterocycles. The molecule has 0 bridgehead atoms. The maximum Gasteiger partial charge on any atom is 0.153 e. The first-order chi connectivity index (χ1) is 9.65. The zero-order valence-electron chi connectivity index (χ0n) is 12.2. The van der Waals surface area contributed by atoms with E-state index < -0.39 is 0 Å². The monoisotopic (exact) mass is 275 g/mol. The molecule has 1 aliphatic rings. The Morgan fingerprint density at radius 2 is 2.30 bits per heavy atom. The van der Waals surface area contributed by atoms with Crippen molar-refractivity contribution in [3.63, 3.8) is 0 Å². The number of H-pyrrole nitrogens is 1. The normalized spacial score (nSPS) is 23.4. The fourth-order valence-corrected chi connectivity index (χ4v) is 2.69. The van der Waals surface area contributed by atoms with E-state index in [2.05, 4.69) is 34.1 Å². The number of nitrogens with zero attached hydrogens (tertiary/aromatic N) is 4. The number of rotatable bonds is 3. The van der Waals surface area contributed by atoms with Crippen LogP contribution in [-0.2, 0) is 11.8 Å². The summed E-state index contributed by atoms with van der Waals surface area (Å²) in [7, 11) is 1.92. The third-order valence-electron chi connectivity index (χ3n) is 3.76. The standard InChI is InChI=1S/C14H21N5O/c1-9(2)13-16-14(18-17-13)11-5-4-6-20-12(11)10-7-15-19(3)8-10/h7-9,11-12H,4-6H2,1-3H3,(H,16,17,18)/t11-,12+/m1/s1. The predicted molar refractivity (Wildman–Crippen MR) is 74.3 cm³/mol. The van der Waals surface area contributed by atoms with Crippen molar-refractivity contribution in [1.29, 1.82) is 0 Å². The van der Waals surface area contributed by atoms with Crippen LogP contribution in [0.5, 0.6) is 0 Å². The zero-order valence-corrected chi connectivity index (χ0v) is 12.2. The number of aryl methyl sites for hydroxylation is 1. The molecule has 3 heterocycles. The van der Waals surface area contributed by atoms with Crippen LogP contribution in [0, 0.1) is 0 Å². The number of aromatic nitrogens is 5. The van der Waals surface area contributed by atoms with E-state index in [4.69, 9.17) is 4.74 Å².